The van der Waals surface area contributed by atoms with Crippen molar-refractivity contribution in [3.63, 3.8) is 0 Å². The van der Waals surface area contributed by atoms with Gasteiger partial charge in [-0.25, -0.2) is 4.79 Å². The summed E-state index contributed by atoms with van der Waals surface area (Å²) in [4.78, 5) is 28.9. The number of esters is 1. The number of anilines is 1. The van der Waals surface area contributed by atoms with Gasteiger partial charge in [0.25, 0.3) is 5.91 Å². The van der Waals surface area contributed by atoms with E-state index in [4.69, 9.17) is 18.9 Å². The maximum Gasteiger partial charge on any atom is 0.338 e. The number of carbonyl (C=O) groups excluding carboxylic acids is 2. The molecule has 0 saturated carbocycles. The zero-order valence-corrected chi connectivity index (χ0v) is 16.8. The molecule has 0 aromatic heterocycles. The molecule has 0 aliphatic carbocycles. The molecule has 2 aromatic carbocycles. The molecule has 0 N–H and O–H groups in total. The largest absolute Gasteiger partial charge is 0.493 e. The van der Waals surface area contributed by atoms with Crippen LogP contribution in [0.25, 0.3) is 0 Å². The molecule has 2 aliphatic rings. The number of amides is 1. The number of benzene rings is 2. The molecule has 2 heterocycles. The van der Waals surface area contributed by atoms with Gasteiger partial charge < -0.3 is 28.7 Å². The third kappa shape index (κ3) is 4.27. The van der Waals surface area contributed by atoms with Gasteiger partial charge in [0.1, 0.15) is 13.2 Å². The van der Waals surface area contributed by atoms with E-state index in [1.54, 1.807) is 11.0 Å². The summed E-state index contributed by atoms with van der Waals surface area (Å²) < 4.78 is 21.6. The number of nitrogens with zero attached hydrogens (tertiary/aromatic N) is 2. The standard InChI is InChI=1S/C22H24N2O6/c1-27-18-13-16(14-19-21(18)29-12-11-28-19)22(26)30-15-20(25)24-9-7-23(8-10-24)17-5-3-2-4-6-17/h2-6,13-14H,7-12,15H2,1H3. The summed E-state index contributed by atoms with van der Waals surface area (Å²) in [5.41, 5.74) is 1.39. The van der Waals surface area contributed by atoms with Crippen molar-refractivity contribution >= 4 is 17.6 Å². The van der Waals surface area contributed by atoms with E-state index in [-0.39, 0.29) is 18.1 Å². The summed E-state index contributed by atoms with van der Waals surface area (Å²) >= 11 is 0. The number of methoxy groups -OCH3 is 1. The van der Waals surface area contributed by atoms with Crippen LogP contribution >= 0.6 is 0 Å². The molecule has 0 unspecified atom stereocenters. The molecule has 158 valence electrons. The number of ether oxygens (including phenoxy) is 4. The molecule has 8 heteroatoms. The Morgan fingerprint density at radius 2 is 1.73 bits per heavy atom. The van der Waals surface area contributed by atoms with Crippen molar-refractivity contribution in [3.05, 3.63) is 48.0 Å². The molecule has 1 saturated heterocycles. The van der Waals surface area contributed by atoms with Gasteiger partial charge in [0.05, 0.1) is 12.7 Å². The predicted molar refractivity (Wildman–Crippen MR) is 110 cm³/mol. The van der Waals surface area contributed by atoms with E-state index in [2.05, 4.69) is 17.0 Å². The van der Waals surface area contributed by atoms with Gasteiger partial charge in [-0.3, -0.25) is 4.79 Å². The van der Waals surface area contributed by atoms with Crippen molar-refractivity contribution in [2.75, 3.05) is 58.0 Å². The van der Waals surface area contributed by atoms with Crippen LogP contribution in [-0.4, -0.2) is 69.9 Å². The Morgan fingerprint density at radius 1 is 1.00 bits per heavy atom. The van der Waals surface area contributed by atoms with E-state index in [1.165, 1.54) is 13.2 Å². The highest BCUT2D eigenvalue weighted by molar-refractivity contribution is 5.93. The number of piperazine rings is 1. The fraction of sp³-hybridized carbons (Fsp3) is 0.364. The van der Waals surface area contributed by atoms with Crippen LogP contribution < -0.4 is 19.1 Å². The van der Waals surface area contributed by atoms with E-state index < -0.39 is 5.97 Å². The van der Waals surface area contributed by atoms with Gasteiger partial charge in [0.2, 0.25) is 5.75 Å². The molecule has 2 aromatic rings. The second-order valence-electron chi connectivity index (χ2n) is 6.98. The first kappa shape index (κ1) is 19.9. The van der Waals surface area contributed by atoms with Crippen LogP contribution in [0.2, 0.25) is 0 Å². The molecule has 0 atom stereocenters. The fourth-order valence-corrected chi connectivity index (χ4v) is 3.55. The smallest absolute Gasteiger partial charge is 0.338 e. The van der Waals surface area contributed by atoms with Gasteiger partial charge in [-0.05, 0) is 24.3 Å². The first-order chi connectivity index (χ1) is 14.7. The number of fused-ring (bicyclic) bond motifs is 1. The Kier molecular flexibility index (Phi) is 5.92. The monoisotopic (exact) mass is 412 g/mol. The van der Waals surface area contributed by atoms with E-state index in [9.17, 15) is 9.59 Å². The van der Waals surface area contributed by atoms with Crippen molar-refractivity contribution in [3.8, 4) is 17.2 Å². The lowest BCUT2D eigenvalue weighted by atomic mass is 10.1. The second-order valence-corrected chi connectivity index (χ2v) is 6.98. The highest BCUT2D eigenvalue weighted by atomic mass is 16.6. The number of para-hydroxylation sites is 1. The van der Waals surface area contributed by atoms with Crippen LogP contribution in [-0.2, 0) is 9.53 Å². The summed E-state index contributed by atoms with van der Waals surface area (Å²) in [6.07, 6.45) is 0. The zero-order valence-electron chi connectivity index (χ0n) is 16.8. The van der Waals surface area contributed by atoms with Crippen LogP contribution in [0.1, 0.15) is 10.4 Å². The summed E-state index contributed by atoms with van der Waals surface area (Å²) in [6, 6.07) is 13.2. The molecule has 4 rings (SSSR count). The van der Waals surface area contributed by atoms with Crippen LogP contribution in [0.5, 0.6) is 17.2 Å². The molecule has 1 fully saturated rings. The number of hydrogen-bond acceptors (Lipinski definition) is 7. The van der Waals surface area contributed by atoms with E-state index in [0.717, 1.165) is 18.8 Å². The quantitative estimate of drug-likeness (QED) is 0.695. The molecule has 8 nitrogen and oxygen atoms in total. The third-order valence-electron chi connectivity index (χ3n) is 5.14. The number of hydrogen-bond donors (Lipinski definition) is 0. The van der Waals surface area contributed by atoms with Crippen molar-refractivity contribution in [2.24, 2.45) is 0 Å². The van der Waals surface area contributed by atoms with Gasteiger partial charge in [0.15, 0.2) is 18.1 Å². The minimum atomic E-state index is -0.610. The Hall–Kier alpha value is -3.42. The van der Waals surface area contributed by atoms with E-state index in [1.807, 2.05) is 18.2 Å². The van der Waals surface area contributed by atoms with Crippen molar-refractivity contribution < 1.29 is 28.5 Å². The second kappa shape index (κ2) is 8.94. The highest BCUT2D eigenvalue weighted by Crippen LogP contribution is 2.40. The molecule has 0 radical (unpaired) electrons. The molecule has 2 aliphatic heterocycles. The lowest BCUT2D eigenvalue weighted by molar-refractivity contribution is -0.134. The lowest BCUT2D eigenvalue weighted by Gasteiger charge is -2.36. The molecular weight excluding hydrogens is 388 g/mol. The molecule has 0 spiro atoms. The molecule has 30 heavy (non-hydrogen) atoms. The average molecular weight is 412 g/mol. The van der Waals surface area contributed by atoms with E-state index in [0.29, 0.717) is 43.6 Å². The summed E-state index contributed by atoms with van der Waals surface area (Å²) in [5.74, 6) is 0.466. The van der Waals surface area contributed by atoms with Gasteiger partial charge in [0, 0.05) is 31.9 Å². The van der Waals surface area contributed by atoms with Crippen LogP contribution in [0, 0.1) is 0 Å². The maximum atomic E-state index is 12.5. The SMILES string of the molecule is COc1cc(C(=O)OCC(=O)N2CCN(c3ccccc3)CC2)cc2c1OCCO2. The van der Waals surface area contributed by atoms with Crippen molar-refractivity contribution in [2.45, 2.75) is 0 Å². The van der Waals surface area contributed by atoms with Gasteiger partial charge >= 0.3 is 5.97 Å². The fourth-order valence-electron chi connectivity index (χ4n) is 3.55. The normalized spacial score (nSPS) is 15.5. The zero-order chi connectivity index (χ0) is 20.9. The molecule has 1 amide bonds. The van der Waals surface area contributed by atoms with Crippen molar-refractivity contribution in [1.29, 1.82) is 0 Å². The lowest BCUT2D eigenvalue weighted by Crippen LogP contribution is -2.49. The summed E-state index contributed by atoms with van der Waals surface area (Å²) in [7, 11) is 1.49. The predicted octanol–water partition coefficient (Wildman–Crippen LogP) is 1.97. The number of rotatable bonds is 5. The molecule has 0 bridgehead atoms. The minimum Gasteiger partial charge on any atom is -0.493 e. The van der Waals surface area contributed by atoms with Crippen LogP contribution in [0.4, 0.5) is 5.69 Å². The van der Waals surface area contributed by atoms with Gasteiger partial charge in [-0.2, -0.15) is 0 Å². The van der Waals surface area contributed by atoms with Crippen molar-refractivity contribution in [1.82, 2.24) is 4.90 Å². The Balaban J connectivity index is 1.32. The summed E-state index contributed by atoms with van der Waals surface area (Å²) in [6.45, 7) is 3.15. The average Bonchev–Trinajstić information content (AvgIpc) is 2.82. The topological polar surface area (TPSA) is 77.5 Å². The minimum absolute atomic E-state index is 0.208. The van der Waals surface area contributed by atoms with Crippen LogP contribution in [0.3, 0.4) is 0 Å². The Bertz CT molecular complexity index is 892. The van der Waals surface area contributed by atoms with Gasteiger partial charge in [-0.1, -0.05) is 18.2 Å². The van der Waals surface area contributed by atoms with E-state index >= 15 is 0 Å². The Labute approximate surface area is 174 Å². The highest BCUT2D eigenvalue weighted by Gasteiger charge is 2.24. The number of carbonyl (C=O) groups is 2. The maximum absolute atomic E-state index is 12.5. The first-order valence-corrected chi connectivity index (χ1v) is 9.88. The Morgan fingerprint density at radius 3 is 2.47 bits per heavy atom. The van der Waals surface area contributed by atoms with Gasteiger partial charge in [-0.15, -0.1) is 0 Å². The third-order valence-corrected chi connectivity index (χ3v) is 5.14. The first-order valence-electron chi connectivity index (χ1n) is 9.88. The summed E-state index contributed by atoms with van der Waals surface area (Å²) in [5, 5.41) is 0. The molecular formula is C22H24N2O6. The van der Waals surface area contributed by atoms with Crippen LogP contribution in [0.15, 0.2) is 42.5 Å².